The molecule has 0 N–H and O–H groups in total. The van der Waals surface area contributed by atoms with Gasteiger partial charge in [0.15, 0.2) is 0 Å². The van der Waals surface area contributed by atoms with Gasteiger partial charge in [-0.15, -0.1) is 0 Å². The van der Waals surface area contributed by atoms with Gasteiger partial charge in [0.05, 0.1) is 0 Å². The second-order valence-corrected chi connectivity index (χ2v) is 10.6. The Bertz CT molecular complexity index is 459. The van der Waals surface area contributed by atoms with Crippen molar-refractivity contribution in [3.63, 3.8) is 0 Å². The van der Waals surface area contributed by atoms with E-state index in [9.17, 15) is 0 Å². The van der Waals surface area contributed by atoms with Gasteiger partial charge < -0.3 is 0 Å². The first-order valence-corrected chi connectivity index (χ1v) is 8.80. The summed E-state index contributed by atoms with van der Waals surface area (Å²) in [5.74, 6) is 3.42. The molecule has 0 amide bonds. The van der Waals surface area contributed by atoms with Gasteiger partial charge in [-0.3, -0.25) is 0 Å². The van der Waals surface area contributed by atoms with Gasteiger partial charge in [-0.1, -0.05) is 69.2 Å². The fourth-order valence-corrected chi connectivity index (χ4v) is 8.47. The van der Waals surface area contributed by atoms with Gasteiger partial charge in [0.1, 0.15) is 0 Å². The molecule has 7 atom stereocenters. The van der Waals surface area contributed by atoms with E-state index in [4.69, 9.17) is 0 Å². The van der Waals surface area contributed by atoms with E-state index in [0.29, 0.717) is 27.1 Å². The lowest BCUT2D eigenvalue weighted by Crippen LogP contribution is -2.84. The molecule has 116 valence electrons. The molecule has 3 aliphatic carbocycles. The molecule has 3 rings (SSSR count). The molecule has 0 nitrogen and oxygen atoms in total. The molecule has 0 heterocycles. The molecular weight excluding hydrogens is 240 g/mol. The minimum atomic E-state index is 0.465. The van der Waals surface area contributed by atoms with Crippen molar-refractivity contribution in [3.8, 4) is 0 Å². The van der Waals surface area contributed by atoms with E-state index in [-0.39, 0.29) is 0 Å². The van der Waals surface area contributed by atoms with Crippen molar-refractivity contribution < 1.29 is 0 Å². The summed E-state index contributed by atoms with van der Waals surface area (Å²) in [6, 6.07) is 0. The quantitative estimate of drug-likeness (QED) is 0.508. The van der Waals surface area contributed by atoms with Crippen molar-refractivity contribution in [2.45, 2.75) is 75.7 Å². The third-order valence-corrected chi connectivity index (χ3v) is 10.2. The Kier molecular flexibility index (Phi) is 2.48. The summed E-state index contributed by atoms with van der Waals surface area (Å²) in [5, 5.41) is 0. The van der Waals surface area contributed by atoms with E-state index < -0.39 is 0 Å². The van der Waals surface area contributed by atoms with Crippen LogP contribution < -0.4 is 0 Å². The van der Waals surface area contributed by atoms with Gasteiger partial charge in [-0.2, -0.15) is 0 Å². The summed E-state index contributed by atoms with van der Waals surface area (Å²) in [6.45, 7) is 25.7. The molecule has 0 saturated heterocycles. The molecule has 3 saturated carbocycles. The molecule has 0 aromatic rings. The standard InChI is InChI=1S/C20H36/c1-12-13(2)19(9)17(6,7)15-14(3)18(8,20(15,19)10)11-16(12,4)5/h12-15H,11H2,1-10H3. The Labute approximate surface area is 127 Å². The molecule has 3 aliphatic rings. The van der Waals surface area contributed by atoms with Crippen LogP contribution in [0.2, 0.25) is 0 Å². The van der Waals surface area contributed by atoms with Crippen LogP contribution in [0.5, 0.6) is 0 Å². The maximum atomic E-state index is 2.65. The Morgan fingerprint density at radius 3 is 1.65 bits per heavy atom. The molecule has 0 bridgehead atoms. The first-order chi connectivity index (χ1) is 8.80. The van der Waals surface area contributed by atoms with Crippen LogP contribution in [0.25, 0.3) is 0 Å². The van der Waals surface area contributed by atoms with Crippen molar-refractivity contribution in [1.29, 1.82) is 0 Å². The van der Waals surface area contributed by atoms with E-state index in [1.165, 1.54) is 6.42 Å². The van der Waals surface area contributed by atoms with Crippen LogP contribution in [-0.4, -0.2) is 0 Å². The maximum absolute atomic E-state index is 2.65. The third-order valence-electron chi connectivity index (χ3n) is 10.2. The molecule has 7 unspecified atom stereocenters. The average Bonchev–Trinajstić information content (AvgIpc) is 2.34. The molecule has 0 radical (unpaired) electrons. The normalized spacial score (nSPS) is 62.7. The summed E-state index contributed by atoms with van der Waals surface area (Å²) >= 11 is 0. The van der Waals surface area contributed by atoms with Crippen molar-refractivity contribution >= 4 is 0 Å². The highest BCUT2D eigenvalue weighted by atomic mass is 14.9. The van der Waals surface area contributed by atoms with Crippen LogP contribution in [0.15, 0.2) is 0 Å². The Hall–Kier alpha value is 0. The number of rotatable bonds is 0. The van der Waals surface area contributed by atoms with E-state index in [1.54, 1.807) is 0 Å². The average molecular weight is 277 g/mol. The predicted octanol–water partition coefficient (Wildman–Crippen LogP) is 6.01. The van der Waals surface area contributed by atoms with Crippen LogP contribution in [0.1, 0.15) is 75.7 Å². The predicted molar refractivity (Wildman–Crippen MR) is 87.5 cm³/mol. The van der Waals surface area contributed by atoms with Gasteiger partial charge in [-0.05, 0) is 57.2 Å². The van der Waals surface area contributed by atoms with E-state index in [1.807, 2.05) is 0 Å². The highest BCUT2D eigenvalue weighted by Crippen LogP contribution is 2.92. The Morgan fingerprint density at radius 2 is 1.15 bits per heavy atom. The van der Waals surface area contributed by atoms with Gasteiger partial charge in [0.2, 0.25) is 0 Å². The zero-order valence-electron chi connectivity index (χ0n) is 15.5. The third kappa shape index (κ3) is 1.03. The van der Waals surface area contributed by atoms with Crippen LogP contribution in [0.4, 0.5) is 0 Å². The molecule has 0 aromatic heterocycles. The van der Waals surface area contributed by atoms with Crippen molar-refractivity contribution in [2.24, 2.45) is 50.7 Å². The number of hydrogen-bond donors (Lipinski definition) is 0. The summed E-state index contributed by atoms with van der Waals surface area (Å²) in [5.41, 5.74) is 2.52. The van der Waals surface area contributed by atoms with Gasteiger partial charge in [0, 0.05) is 0 Å². The molecule has 0 spiro atoms. The lowest BCUT2D eigenvalue weighted by atomic mass is 9.15. The van der Waals surface area contributed by atoms with Crippen LogP contribution in [0.3, 0.4) is 0 Å². The summed E-state index contributed by atoms with van der Waals surface area (Å²) in [6.07, 6.45) is 1.41. The SMILES string of the molecule is CC1C(C)C2(C)C(C)(C)C3C(C)C(C)(CC1(C)C)C32C. The maximum Gasteiger partial charge on any atom is -0.0171 e. The van der Waals surface area contributed by atoms with Crippen LogP contribution in [0, 0.1) is 50.7 Å². The van der Waals surface area contributed by atoms with Crippen LogP contribution >= 0.6 is 0 Å². The Morgan fingerprint density at radius 1 is 0.650 bits per heavy atom. The highest BCUT2D eigenvalue weighted by Gasteiger charge is 2.87. The smallest absolute Gasteiger partial charge is 0.0171 e. The molecule has 0 aromatic carbocycles. The molecular formula is C20H36. The lowest BCUT2D eigenvalue weighted by Gasteiger charge is -2.89. The minimum Gasteiger partial charge on any atom is -0.0617 e. The molecule has 0 heteroatoms. The van der Waals surface area contributed by atoms with Crippen molar-refractivity contribution in [1.82, 2.24) is 0 Å². The molecule has 3 fully saturated rings. The second-order valence-electron chi connectivity index (χ2n) is 10.6. The van der Waals surface area contributed by atoms with Crippen molar-refractivity contribution in [2.75, 3.05) is 0 Å². The summed E-state index contributed by atoms with van der Waals surface area (Å²) < 4.78 is 0. The second kappa shape index (κ2) is 3.33. The van der Waals surface area contributed by atoms with E-state index in [2.05, 4.69) is 69.2 Å². The zero-order valence-corrected chi connectivity index (χ0v) is 15.5. The summed E-state index contributed by atoms with van der Waals surface area (Å²) in [7, 11) is 0. The van der Waals surface area contributed by atoms with E-state index in [0.717, 1.165) is 23.7 Å². The monoisotopic (exact) mass is 276 g/mol. The zero-order chi connectivity index (χ0) is 15.5. The molecule has 0 aliphatic heterocycles. The largest absolute Gasteiger partial charge is 0.0617 e. The first-order valence-electron chi connectivity index (χ1n) is 8.80. The van der Waals surface area contributed by atoms with E-state index >= 15 is 0 Å². The van der Waals surface area contributed by atoms with Crippen molar-refractivity contribution in [3.05, 3.63) is 0 Å². The fourth-order valence-electron chi connectivity index (χ4n) is 8.47. The topological polar surface area (TPSA) is 0 Å². The number of hydrogen-bond acceptors (Lipinski definition) is 0. The van der Waals surface area contributed by atoms with Crippen LogP contribution in [-0.2, 0) is 0 Å². The molecule has 20 heavy (non-hydrogen) atoms. The van der Waals surface area contributed by atoms with Gasteiger partial charge >= 0.3 is 0 Å². The van der Waals surface area contributed by atoms with Gasteiger partial charge in [0.25, 0.3) is 0 Å². The fraction of sp³-hybridized carbons (Fsp3) is 1.00. The summed E-state index contributed by atoms with van der Waals surface area (Å²) in [4.78, 5) is 0. The minimum absolute atomic E-state index is 0.465. The van der Waals surface area contributed by atoms with Gasteiger partial charge in [-0.25, -0.2) is 0 Å². The first kappa shape index (κ1) is 14.9. The highest BCUT2D eigenvalue weighted by molar-refractivity contribution is 5.34. The Balaban J connectivity index is 2.22. The lowest BCUT2D eigenvalue weighted by molar-refractivity contribution is -0.417.